The van der Waals surface area contributed by atoms with Gasteiger partial charge in [-0.3, -0.25) is 4.79 Å². The molecule has 0 unspecified atom stereocenters. The second-order valence-electron chi connectivity index (χ2n) is 4.32. The predicted molar refractivity (Wildman–Crippen MR) is 84.9 cm³/mol. The van der Waals surface area contributed by atoms with E-state index in [9.17, 15) is 4.79 Å². The van der Waals surface area contributed by atoms with Crippen molar-refractivity contribution in [3.63, 3.8) is 0 Å². The minimum absolute atomic E-state index is 0. The minimum atomic E-state index is -0.00827. The normalized spacial score (nSPS) is 13.4. The summed E-state index contributed by atoms with van der Waals surface area (Å²) in [6.07, 6.45) is 2.52. The Kier molecular flexibility index (Phi) is 8.56. The lowest BCUT2D eigenvalue weighted by Crippen LogP contribution is -2.25. The zero-order valence-corrected chi connectivity index (χ0v) is 12.6. The summed E-state index contributed by atoms with van der Waals surface area (Å²) in [6, 6.07) is 8.05. The third-order valence-electron chi connectivity index (χ3n) is 2.94. The van der Waals surface area contributed by atoms with Crippen molar-refractivity contribution in [3.05, 3.63) is 24.3 Å². The summed E-state index contributed by atoms with van der Waals surface area (Å²) in [5.41, 5.74) is 2.07. The molecule has 1 aliphatic heterocycles. The van der Waals surface area contributed by atoms with Gasteiger partial charge in [0.25, 0.3) is 0 Å². The first-order chi connectivity index (χ1) is 8.29. The van der Waals surface area contributed by atoms with Crippen molar-refractivity contribution >= 4 is 42.1 Å². The molecule has 0 bridgehead atoms. The van der Waals surface area contributed by atoms with Crippen LogP contribution in [-0.2, 0) is 4.79 Å². The van der Waals surface area contributed by atoms with E-state index in [1.807, 2.05) is 18.2 Å². The van der Waals surface area contributed by atoms with Crippen LogP contribution in [-0.4, -0.2) is 32.6 Å². The molecule has 108 valence electrons. The monoisotopic (exact) mass is 305 g/mol. The van der Waals surface area contributed by atoms with Gasteiger partial charge in [-0.1, -0.05) is 6.07 Å². The van der Waals surface area contributed by atoms with E-state index < -0.39 is 0 Å². The molecule has 1 aliphatic rings. The van der Waals surface area contributed by atoms with Crippen molar-refractivity contribution < 1.29 is 4.79 Å². The van der Waals surface area contributed by atoms with Crippen LogP contribution in [0.5, 0.6) is 0 Å². The molecule has 1 aromatic rings. The molecular weight excluding hydrogens is 285 g/mol. The molecule has 4 nitrogen and oxygen atoms in total. The number of carbonyl (C=O) groups excluding carboxylic acids is 1. The van der Waals surface area contributed by atoms with Crippen molar-refractivity contribution in [2.75, 3.05) is 36.9 Å². The molecule has 0 radical (unpaired) electrons. The first-order valence-corrected chi connectivity index (χ1v) is 6.09. The average molecular weight is 306 g/mol. The van der Waals surface area contributed by atoms with Crippen molar-refractivity contribution in [2.45, 2.75) is 12.8 Å². The summed E-state index contributed by atoms with van der Waals surface area (Å²) < 4.78 is 0. The smallest absolute Gasteiger partial charge is 0.238 e. The Bertz CT molecular complexity index is 395. The van der Waals surface area contributed by atoms with Crippen LogP contribution in [0.15, 0.2) is 24.3 Å². The van der Waals surface area contributed by atoms with Gasteiger partial charge in [-0.25, -0.2) is 0 Å². The average Bonchev–Trinajstić information content (AvgIpc) is 2.83. The molecule has 0 aliphatic carbocycles. The molecular formula is C13H21Cl2N3O. The van der Waals surface area contributed by atoms with Crippen molar-refractivity contribution in [1.29, 1.82) is 0 Å². The van der Waals surface area contributed by atoms with Gasteiger partial charge >= 0.3 is 0 Å². The molecule has 1 fully saturated rings. The number of carbonyl (C=O) groups is 1. The number of nitrogens with zero attached hydrogens (tertiary/aromatic N) is 1. The number of nitrogens with one attached hydrogen (secondary N) is 2. The van der Waals surface area contributed by atoms with Crippen LogP contribution in [0.4, 0.5) is 11.4 Å². The van der Waals surface area contributed by atoms with Gasteiger partial charge in [0.15, 0.2) is 0 Å². The molecule has 1 saturated heterocycles. The molecule has 2 N–H and O–H groups in total. The molecule has 6 heteroatoms. The van der Waals surface area contributed by atoms with Gasteiger partial charge in [0.2, 0.25) is 5.91 Å². The summed E-state index contributed by atoms with van der Waals surface area (Å²) in [5.74, 6) is -0.00827. The van der Waals surface area contributed by atoms with Crippen LogP contribution in [0.25, 0.3) is 0 Å². The third kappa shape index (κ3) is 5.27. The zero-order valence-electron chi connectivity index (χ0n) is 11.0. The zero-order chi connectivity index (χ0) is 12.1. The van der Waals surface area contributed by atoms with Crippen LogP contribution in [0.1, 0.15) is 12.8 Å². The van der Waals surface area contributed by atoms with E-state index in [0.717, 1.165) is 18.8 Å². The van der Waals surface area contributed by atoms with E-state index >= 15 is 0 Å². The SMILES string of the molecule is CNCC(=O)Nc1cccc(N2CCCC2)c1.Cl.Cl. The summed E-state index contributed by atoms with van der Waals surface area (Å²) in [5, 5.41) is 5.71. The van der Waals surface area contributed by atoms with Crippen LogP contribution >= 0.6 is 24.8 Å². The lowest BCUT2D eigenvalue weighted by Gasteiger charge is -2.18. The first-order valence-electron chi connectivity index (χ1n) is 6.09. The molecule has 0 atom stereocenters. The fourth-order valence-corrected chi connectivity index (χ4v) is 2.12. The van der Waals surface area contributed by atoms with Gasteiger partial charge in [0, 0.05) is 24.5 Å². The van der Waals surface area contributed by atoms with Gasteiger partial charge in [-0.2, -0.15) is 0 Å². The molecule has 0 spiro atoms. The summed E-state index contributed by atoms with van der Waals surface area (Å²) >= 11 is 0. The summed E-state index contributed by atoms with van der Waals surface area (Å²) in [4.78, 5) is 13.8. The van der Waals surface area contributed by atoms with Crippen LogP contribution in [0.2, 0.25) is 0 Å². The van der Waals surface area contributed by atoms with E-state index in [2.05, 4.69) is 21.6 Å². The Labute approximate surface area is 126 Å². The largest absolute Gasteiger partial charge is 0.371 e. The molecule has 1 amide bonds. The fraction of sp³-hybridized carbons (Fsp3) is 0.462. The fourth-order valence-electron chi connectivity index (χ4n) is 2.12. The standard InChI is InChI=1S/C13H19N3O.2ClH/c1-14-10-13(17)15-11-5-4-6-12(9-11)16-7-2-3-8-16;;/h4-6,9,14H,2-3,7-8,10H2,1H3,(H,15,17);2*1H. The Morgan fingerprint density at radius 3 is 2.58 bits per heavy atom. The van der Waals surface area contributed by atoms with E-state index in [4.69, 9.17) is 0 Å². The topological polar surface area (TPSA) is 44.4 Å². The van der Waals surface area contributed by atoms with Crippen molar-refractivity contribution in [3.8, 4) is 0 Å². The van der Waals surface area contributed by atoms with Crippen molar-refractivity contribution in [2.24, 2.45) is 0 Å². The lowest BCUT2D eigenvalue weighted by molar-refractivity contribution is -0.115. The van der Waals surface area contributed by atoms with Crippen LogP contribution < -0.4 is 15.5 Å². The highest BCUT2D eigenvalue weighted by Gasteiger charge is 2.12. The Balaban J connectivity index is 0.00000162. The summed E-state index contributed by atoms with van der Waals surface area (Å²) in [7, 11) is 1.76. The maximum absolute atomic E-state index is 11.5. The predicted octanol–water partition coefficient (Wildman–Crippen LogP) is 2.29. The second-order valence-corrected chi connectivity index (χ2v) is 4.32. The minimum Gasteiger partial charge on any atom is -0.371 e. The Morgan fingerprint density at radius 1 is 1.26 bits per heavy atom. The van der Waals surface area contributed by atoms with E-state index in [1.165, 1.54) is 18.5 Å². The van der Waals surface area contributed by atoms with Gasteiger partial charge in [0.1, 0.15) is 0 Å². The number of benzene rings is 1. The van der Waals surface area contributed by atoms with Gasteiger partial charge < -0.3 is 15.5 Å². The number of rotatable bonds is 4. The number of likely N-dealkylation sites (N-methyl/N-ethyl adjacent to an activating group) is 1. The molecule has 1 heterocycles. The number of halogens is 2. The van der Waals surface area contributed by atoms with E-state index in [1.54, 1.807) is 7.05 Å². The highest BCUT2D eigenvalue weighted by atomic mass is 35.5. The maximum atomic E-state index is 11.5. The lowest BCUT2D eigenvalue weighted by atomic mass is 10.2. The Hall–Kier alpha value is -0.970. The number of amides is 1. The van der Waals surface area contributed by atoms with Crippen molar-refractivity contribution in [1.82, 2.24) is 5.32 Å². The molecule has 0 aromatic heterocycles. The highest BCUT2D eigenvalue weighted by molar-refractivity contribution is 5.92. The molecule has 2 rings (SSSR count). The highest BCUT2D eigenvalue weighted by Crippen LogP contribution is 2.23. The van der Waals surface area contributed by atoms with Crippen LogP contribution in [0.3, 0.4) is 0 Å². The van der Waals surface area contributed by atoms with Gasteiger partial charge in [-0.15, -0.1) is 24.8 Å². The van der Waals surface area contributed by atoms with Gasteiger partial charge in [0.05, 0.1) is 6.54 Å². The number of anilines is 2. The summed E-state index contributed by atoms with van der Waals surface area (Å²) in [6.45, 7) is 2.58. The second kappa shape index (κ2) is 9.02. The molecule has 1 aromatic carbocycles. The molecule has 19 heavy (non-hydrogen) atoms. The van der Waals surface area contributed by atoms with E-state index in [0.29, 0.717) is 6.54 Å². The van der Waals surface area contributed by atoms with E-state index in [-0.39, 0.29) is 30.7 Å². The first kappa shape index (κ1) is 18.0. The maximum Gasteiger partial charge on any atom is 0.238 e. The van der Waals surface area contributed by atoms with Gasteiger partial charge in [-0.05, 0) is 38.1 Å². The quantitative estimate of drug-likeness (QED) is 0.897. The van der Waals surface area contributed by atoms with Crippen LogP contribution in [0, 0.1) is 0 Å². The Morgan fingerprint density at radius 2 is 1.95 bits per heavy atom. The molecule has 0 saturated carbocycles. The third-order valence-corrected chi connectivity index (χ3v) is 2.94. The number of hydrogen-bond donors (Lipinski definition) is 2. The number of hydrogen-bond acceptors (Lipinski definition) is 3.